The summed E-state index contributed by atoms with van der Waals surface area (Å²) in [4.78, 5) is 14.6. The monoisotopic (exact) mass is 274 g/mol. The van der Waals surface area contributed by atoms with Gasteiger partial charge < -0.3 is 15.0 Å². The molecule has 0 spiro atoms. The van der Waals surface area contributed by atoms with Gasteiger partial charge in [-0.05, 0) is 18.4 Å². The number of hydrogen-bond acceptors (Lipinski definition) is 3. The predicted octanol–water partition coefficient (Wildman–Crippen LogP) is 1.73. The van der Waals surface area contributed by atoms with E-state index in [0.29, 0.717) is 13.0 Å². The van der Waals surface area contributed by atoms with Crippen LogP contribution in [0.1, 0.15) is 30.9 Å². The highest BCUT2D eigenvalue weighted by molar-refractivity contribution is 5.77. The van der Waals surface area contributed by atoms with Crippen LogP contribution < -0.4 is 5.32 Å². The molecule has 2 fully saturated rings. The number of hydrogen-bond donors (Lipinski definition) is 1. The average molecular weight is 274 g/mol. The van der Waals surface area contributed by atoms with E-state index in [1.54, 1.807) is 0 Å². The van der Waals surface area contributed by atoms with Gasteiger partial charge in [0, 0.05) is 25.6 Å². The van der Waals surface area contributed by atoms with Crippen molar-refractivity contribution >= 4 is 5.91 Å². The fourth-order valence-electron chi connectivity index (χ4n) is 3.17. The standard InChI is InChI=1S/C16H22N2O2/c19-16(11-14-12-20-10-8-17-14)18-9-4-7-15(18)13-5-2-1-3-6-13/h1-3,5-6,14-15,17H,4,7-12H2/t14-,15-/m1/s1. The Balaban J connectivity index is 1.64. The number of nitrogens with one attached hydrogen (secondary N) is 1. The van der Waals surface area contributed by atoms with E-state index < -0.39 is 0 Å². The van der Waals surface area contributed by atoms with Gasteiger partial charge >= 0.3 is 0 Å². The first-order valence-corrected chi connectivity index (χ1v) is 7.50. The molecule has 2 heterocycles. The molecule has 1 N–H and O–H groups in total. The Hall–Kier alpha value is -1.39. The van der Waals surface area contributed by atoms with Crippen LogP contribution in [0.3, 0.4) is 0 Å². The van der Waals surface area contributed by atoms with Crippen LogP contribution in [0.2, 0.25) is 0 Å². The Morgan fingerprint density at radius 3 is 2.95 bits per heavy atom. The minimum absolute atomic E-state index is 0.174. The summed E-state index contributed by atoms with van der Waals surface area (Å²) < 4.78 is 5.42. The van der Waals surface area contributed by atoms with Crippen LogP contribution in [0.25, 0.3) is 0 Å². The minimum Gasteiger partial charge on any atom is -0.378 e. The average Bonchev–Trinajstić information content (AvgIpc) is 2.99. The summed E-state index contributed by atoms with van der Waals surface area (Å²) in [5.74, 6) is 0.249. The van der Waals surface area contributed by atoms with Crippen LogP contribution in [-0.2, 0) is 9.53 Å². The summed E-state index contributed by atoms with van der Waals surface area (Å²) in [5, 5.41) is 3.36. The van der Waals surface area contributed by atoms with E-state index in [-0.39, 0.29) is 18.0 Å². The third-order valence-electron chi connectivity index (χ3n) is 4.18. The van der Waals surface area contributed by atoms with Gasteiger partial charge in [-0.15, -0.1) is 0 Å². The van der Waals surface area contributed by atoms with Crippen LogP contribution in [-0.4, -0.2) is 43.2 Å². The van der Waals surface area contributed by atoms with E-state index in [0.717, 1.165) is 32.5 Å². The lowest BCUT2D eigenvalue weighted by Crippen LogP contribution is -2.45. The molecule has 0 bridgehead atoms. The van der Waals surface area contributed by atoms with Gasteiger partial charge in [0.1, 0.15) is 0 Å². The number of ether oxygens (including phenoxy) is 1. The molecule has 108 valence electrons. The maximum Gasteiger partial charge on any atom is 0.224 e. The molecule has 0 aliphatic carbocycles. The number of amides is 1. The summed E-state index contributed by atoms with van der Waals surface area (Å²) in [6.45, 7) is 3.13. The van der Waals surface area contributed by atoms with Crippen molar-refractivity contribution in [3.63, 3.8) is 0 Å². The first kappa shape index (κ1) is 13.6. The van der Waals surface area contributed by atoms with E-state index >= 15 is 0 Å². The van der Waals surface area contributed by atoms with E-state index in [1.807, 2.05) is 23.1 Å². The van der Waals surface area contributed by atoms with Crippen molar-refractivity contribution in [2.45, 2.75) is 31.3 Å². The molecule has 1 aromatic rings. The van der Waals surface area contributed by atoms with E-state index in [2.05, 4.69) is 17.4 Å². The van der Waals surface area contributed by atoms with E-state index in [9.17, 15) is 4.79 Å². The summed E-state index contributed by atoms with van der Waals surface area (Å²) >= 11 is 0. The lowest BCUT2D eigenvalue weighted by Gasteiger charge is -2.29. The molecule has 3 rings (SSSR count). The normalized spacial score (nSPS) is 26.7. The van der Waals surface area contributed by atoms with Crippen molar-refractivity contribution in [2.75, 3.05) is 26.3 Å². The molecule has 1 amide bonds. The third-order valence-corrected chi connectivity index (χ3v) is 4.18. The quantitative estimate of drug-likeness (QED) is 0.912. The lowest BCUT2D eigenvalue weighted by molar-refractivity contribution is -0.133. The van der Waals surface area contributed by atoms with Crippen molar-refractivity contribution in [1.82, 2.24) is 10.2 Å². The van der Waals surface area contributed by atoms with Gasteiger partial charge in [-0.1, -0.05) is 30.3 Å². The van der Waals surface area contributed by atoms with Crippen LogP contribution in [0.4, 0.5) is 0 Å². The second-order valence-corrected chi connectivity index (χ2v) is 5.59. The number of rotatable bonds is 3. The van der Waals surface area contributed by atoms with Crippen LogP contribution in [0.15, 0.2) is 30.3 Å². The number of benzene rings is 1. The summed E-state index contributed by atoms with van der Waals surface area (Å²) in [5.41, 5.74) is 1.26. The molecular formula is C16H22N2O2. The van der Waals surface area contributed by atoms with E-state index in [4.69, 9.17) is 4.74 Å². The van der Waals surface area contributed by atoms with Crippen molar-refractivity contribution in [3.8, 4) is 0 Å². The molecule has 2 aliphatic rings. The molecule has 4 nitrogen and oxygen atoms in total. The molecule has 0 aromatic heterocycles. The second kappa shape index (κ2) is 6.37. The van der Waals surface area contributed by atoms with Crippen LogP contribution in [0.5, 0.6) is 0 Å². The van der Waals surface area contributed by atoms with Crippen molar-refractivity contribution in [3.05, 3.63) is 35.9 Å². The number of carbonyl (C=O) groups excluding carboxylic acids is 1. The predicted molar refractivity (Wildman–Crippen MR) is 77.4 cm³/mol. The molecule has 1 aromatic carbocycles. The zero-order chi connectivity index (χ0) is 13.8. The van der Waals surface area contributed by atoms with Gasteiger partial charge in [0.25, 0.3) is 0 Å². The van der Waals surface area contributed by atoms with Gasteiger partial charge in [0.2, 0.25) is 5.91 Å². The van der Waals surface area contributed by atoms with Gasteiger partial charge in [-0.2, -0.15) is 0 Å². The second-order valence-electron chi connectivity index (χ2n) is 5.59. The zero-order valence-electron chi connectivity index (χ0n) is 11.8. The third kappa shape index (κ3) is 3.02. The Labute approximate surface area is 120 Å². The van der Waals surface area contributed by atoms with Gasteiger partial charge in [0.05, 0.1) is 19.3 Å². The summed E-state index contributed by atoms with van der Waals surface area (Å²) in [6, 6.07) is 10.8. The van der Waals surface area contributed by atoms with E-state index in [1.165, 1.54) is 5.56 Å². The molecule has 0 unspecified atom stereocenters. The highest BCUT2D eigenvalue weighted by atomic mass is 16.5. The Kier molecular flexibility index (Phi) is 4.33. The summed E-state index contributed by atoms with van der Waals surface area (Å²) in [6.07, 6.45) is 2.72. The topological polar surface area (TPSA) is 41.6 Å². The number of nitrogens with zero attached hydrogens (tertiary/aromatic N) is 1. The fourth-order valence-corrected chi connectivity index (χ4v) is 3.17. The molecule has 4 heteroatoms. The molecular weight excluding hydrogens is 252 g/mol. The SMILES string of the molecule is O=C(C[C@@H]1COCCN1)N1CCC[C@@H]1c1ccccc1. The molecule has 0 saturated carbocycles. The number of likely N-dealkylation sites (tertiary alicyclic amines) is 1. The fraction of sp³-hybridized carbons (Fsp3) is 0.562. The van der Waals surface area contributed by atoms with Crippen LogP contribution >= 0.6 is 0 Å². The summed E-state index contributed by atoms with van der Waals surface area (Å²) in [7, 11) is 0. The lowest BCUT2D eigenvalue weighted by atomic mass is 10.0. The Morgan fingerprint density at radius 1 is 1.35 bits per heavy atom. The highest BCUT2D eigenvalue weighted by Gasteiger charge is 2.31. The number of morpholine rings is 1. The first-order chi connectivity index (χ1) is 9.84. The van der Waals surface area contributed by atoms with Crippen molar-refractivity contribution in [1.29, 1.82) is 0 Å². The molecule has 2 saturated heterocycles. The van der Waals surface area contributed by atoms with Gasteiger partial charge in [-0.25, -0.2) is 0 Å². The Bertz CT molecular complexity index is 443. The largest absolute Gasteiger partial charge is 0.378 e. The Morgan fingerprint density at radius 2 is 2.20 bits per heavy atom. The molecule has 2 aliphatic heterocycles. The highest BCUT2D eigenvalue weighted by Crippen LogP contribution is 2.32. The minimum atomic E-state index is 0.174. The van der Waals surface area contributed by atoms with Crippen molar-refractivity contribution in [2.24, 2.45) is 0 Å². The molecule has 2 atom stereocenters. The number of carbonyl (C=O) groups is 1. The van der Waals surface area contributed by atoms with Gasteiger partial charge in [-0.3, -0.25) is 4.79 Å². The van der Waals surface area contributed by atoms with Crippen molar-refractivity contribution < 1.29 is 9.53 Å². The smallest absolute Gasteiger partial charge is 0.224 e. The maximum atomic E-state index is 12.5. The maximum absolute atomic E-state index is 12.5. The molecule has 20 heavy (non-hydrogen) atoms. The van der Waals surface area contributed by atoms with Gasteiger partial charge in [0.15, 0.2) is 0 Å². The molecule has 0 radical (unpaired) electrons. The first-order valence-electron chi connectivity index (χ1n) is 7.50. The zero-order valence-corrected chi connectivity index (χ0v) is 11.8. The van der Waals surface area contributed by atoms with Crippen LogP contribution in [0, 0.1) is 0 Å².